The zero-order chi connectivity index (χ0) is 25.6. The van der Waals surface area contributed by atoms with Crippen LogP contribution in [0, 0.1) is 5.92 Å². The first-order chi connectivity index (χ1) is 16.6. The number of β-amino-alcohol motifs (C(OH)–C–C–N with tert-alkyl or cyclic N) is 1. The summed E-state index contributed by atoms with van der Waals surface area (Å²) >= 11 is 12.9. The van der Waals surface area contributed by atoms with Gasteiger partial charge in [-0.15, -0.1) is 12.4 Å². The Morgan fingerprint density at radius 3 is 2.39 bits per heavy atom. The summed E-state index contributed by atoms with van der Waals surface area (Å²) in [5.74, 6) is 0.736. The fourth-order valence-corrected chi connectivity index (χ4v) is 5.22. The van der Waals surface area contributed by atoms with Crippen molar-refractivity contribution in [1.82, 2.24) is 5.32 Å². The minimum Gasteiger partial charge on any atom is -0.486 e. The summed E-state index contributed by atoms with van der Waals surface area (Å²) in [6, 6.07) is 12.2. The molecule has 8 heteroatoms. The number of nitrogens with one attached hydrogen (secondary N) is 1. The van der Waals surface area contributed by atoms with Crippen molar-refractivity contribution >= 4 is 41.6 Å². The van der Waals surface area contributed by atoms with Crippen LogP contribution in [0.4, 0.5) is 0 Å². The number of hydrogen-bond acceptors (Lipinski definition) is 5. The fraction of sp³-hybridized carbons (Fsp3) is 0.536. The summed E-state index contributed by atoms with van der Waals surface area (Å²) in [5, 5.41) is 14.9. The van der Waals surface area contributed by atoms with Gasteiger partial charge in [-0.1, -0.05) is 53.5 Å². The molecule has 3 rings (SSSR count). The molecule has 0 heterocycles. The molecule has 36 heavy (non-hydrogen) atoms. The van der Waals surface area contributed by atoms with E-state index in [1.54, 1.807) is 19.1 Å². The number of ether oxygens (including phenoxy) is 2. The number of halogens is 3. The molecule has 0 amide bonds. The number of esters is 1. The van der Waals surface area contributed by atoms with Gasteiger partial charge in [-0.2, -0.15) is 0 Å². The summed E-state index contributed by atoms with van der Waals surface area (Å²) in [6.07, 6.45) is 2.69. The summed E-state index contributed by atoms with van der Waals surface area (Å²) < 4.78 is 10.9. The average Bonchev–Trinajstić information content (AvgIpc) is 3.21. The van der Waals surface area contributed by atoms with E-state index in [1.165, 1.54) is 11.1 Å². The molecule has 5 nitrogen and oxygen atoms in total. The maximum atomic E-state index is 11.6. The van der Waals surface area contributed by atoms with Gasteiger partial charge in [-0.05, 0) is 82.1 Å². The molecule has 2 N–H and O–H groups in total. The van der Waals surface area contributed by atoms with Crippen molar-refractivity contribution in [2.24, 2.45) is 5.92 Å². The smallest absolute Gasteiger partial charge is 0.306 e. The van der Waals surface area contributed by atoms with Gasteiger partial charge in [-0.3, -0.25) is 4.79 Å². The molecule has 2 aromatic carbocycles. The van der Waals surface area contributed by atoms with Gasteiger partial charge < -0.3 is 19.9 Å². The number of hydrogen-bond donors (Lipinski definition) is 2. The van der Waals surface area contributed by atoms with E-state index in [2.05, 4.69) is 43.4 Å². The third-order valence-electron chi connectivity index (χ3n) is 6.61. The summed E-state index contributed by atoms with van der Waals surface area (Å²) in [7, 11) is 0. The number of aliphatic hydroxyl groups excluding tert-OH is 1. The van der Waals surface area contributed by atoms with E-state index < -0.39 is 12.2 Å². The summed E-state index contributed by atoms with van der Waals surface area (Å²) in [6.45, 7) is 8.69. The van der Waals surface area contributed by atoms with E-state index in [1.807, 2.05) is 6.92 Å². The van der Waals surface area contributed by atoms with Gasteiger partial charge in [0.05, 0.1) is 11.6 Å². The molecule has 1 aliphatic carbocycles. The van der Waals surface area contributed by atoms with Crippen LogP contribution in [0.15, 0.2) is 36.4 Å². The van der Waals surface area contributed by atoms with E-state index in [4.69, 9.17) is 32.7 Å². The quantitative estimate of drug-likeness (QED) is 0.303. The van der Waals surface area contributed by atoms with Crippen LogP contribution in [0.25, 0.3) is 0 Å². The van der Waals surface area contributed by atoms with Gasteiger partial charge in [0.15, 0.2) is 0 Å². The van der Waals surface area contributed by atoms with E-state index >= 15 is 0 Å². The highest BCUT2D eigenvalue weighted by Crippen LogP contribution is 2.36. The van der Waals surface area contributed by atoms with E-state index in [0.717, 1.165) is 24.8 Å². The highest BCUT2D eigenvalue weighted by molar-refractivity contribution is 6.43. The molecule has 0 bridgehead atoms. The molecule has 200 valence electrons. The van der Waals surface area contributed by atoms with Gasteiger partial charge >= 0.3 is 5.97 Å². The Morgan fingerprint density at radius 1 is 1.14 bits per heavy atom. The molecule has 1 aliphatic rings. The Bertz CT molecular complexity index is 989. The van der Waals surface area contributed by atoms with Crippen LogP contribution in [-0.4, -0.2) is 42.0 Å². The zero-order valence-electron chi connectivity index (χ0n) is 21.5. The number of carbonyl (C=O) groups excluding carboxylic acids is 1. The highest BCUT2D eigenvalue weighted by Gasteiger charge is 2.29. The number of fused-ring (bicyclic) bond motifs is 1. The molecule has 0 aliphatic heterocycles. The van der Waals surface area contributed by atoms with Crippen molar-refractivity contribution in [3.05, 3.63) is 63.1 Å². The maximum absolute atomic E-state index is 11.6. The Labute approximate surface area is 231 Å². The largest absolute Gasteiger partial charge is 0.486 e. The normalized spacial score (nSPS) is 15.1. The number of carbonyl (C=O) groups is 1. The fourth-order valence-electron chi connectivity index (χ4n) is 4.74. The predicted molar refractivity (Wildman–Crippen MR) is 149 cm³/mol. The van der Waals surface area contributed by atoms with E-state index in [9.17, 15) is 9.90 Å². The first-order valence-corrected chi connectivity index (χ1v) is 13.1. The summed E-state index contributed by atoms with van der Waals surface area (Å²) in [4.78, 5) is 11.6. The number of aliphatic hydroxyl groups is 1. The number of rotatable bonds is 12. The van der Waals surface area contributed by atoms with Gasteiger partial charge in [-0.25, -0.2) is 0 Å². The molecule has 0 saturated heterocycles. The van der Waals surface area contributed by atoms with Crippen LogP contribution >= 0.6 is 35.6 Å². The summed E-state index contributed by atoms with van der Waals surface area (Å²) in [5.41, 5.74) is 3.55. The molecule has 0 unspecified atom stereocenters. The third kappa shape index (κ3) is 8.53. The lowest BCUT2D eigenvalue weighted by atomic mass is 9.88. The molecular weight excluding hydrogens is 521 g/mol. The second kappa shape index (κ2) is 13.9. The molecule has 2 atom stereocenters. The Balaban J connectivity index is 0.00000456. The Hall–Kier alpha value is -1.50. The Morgan fingerprint density at radius 2 is 1.78 bits per heavy atom. The monoisotopic (exact) mass is 557 g/mol. The van der Waals surface area contributed by atoms with Crippen molar-refractivity contribution in [2.75, 3.05) is 13.2 Å². The molecule has 0 aromatic heterocycles. The lowest BCUT2D eigenvalue weighted by Crippen LogP contribution is -2.48. The van der Waals surface area contributed by atoms with Gasteiger partial charge in [0.25, 0.3) is 0 Å². The average molecular weight is 559 g/mol. The van der Waals surface area contributed by atoms with Crippen molar-refractivity contribution in [1.29, 1.82) is 0 Å². The van der Waals surface area contributed by atoms with Gasteiger partial charge in [0, 0.05) is 18.5 Å². The van der Waals surface area contributed by atoms with Crippen LogP contribution in [0.2, 0.25) is 10.0 Å². The predicted octanol–water partition coefficient (Wildman–Crippen LogP) is 6.21. The molecule has 0 radical (unpaired) electrons. The standard InChI is InChI=1S/C28H37Cl2NO4.ClH/c1-5-34-25(33)13-11-20-10-12-24(27(30)26(20)29)35-18(2)23(32)17-31-28(3,4)16-19-14-21-8-6-7-9-22(21)15-19;/h6-10,12,18-19,23,31-32H,5,11,13-17H2,1-4H3;1H/t18-,23+;/m0./s1. The molecule has 0 fully saturated rings. The first-order valence-electron chi connectivity index (χ1n) is 12.4. The lowest BCUT2D eigenvalue weighted by molar-refractivity contribution is -0.143. The minimum absolute atomic E-state index is 0. The molecule has 0 saturated carbocycles. The van der Waals surface area contributed by atoms with Crippen molar-refractivity contribution in [3.63, 3.8) is 0 Å². The number of aryl methyl sites for hydroxylation is 1. The van der Waals surface area contributed by atoms with Crippen molar-refractivity contribution < 1.29 is 19.4 Å². The van der Waals surface area contributed by atoms with Crippen LogP contribution in [0.5, 0.6) is 5.75 Å². The molecule has 0 spiro atoms. The topological polar surface area (TPSA) is 67.8 Å². The molecular formula is C28H38Cl3NO4. The van der Waals surface area contributed by atoms with E-state index in [0.29, 0.717) is 36.3 Å². The van der Waals surface area contributed by atoms with Gasteiger partial charge in [0.2, 0.25) is 0 Å². The second-order valence-electron chi connectivity index (χ2n) is 10.1. The van der Waals surface area contributed by atoms with Crippen LogP contribution in [-0.2, 0) is 28.8 Å². The SMILES string of the molecule is CCOC(=O)CCc1ccc(O[C@@H](C)[C@H](O)CNC(C)(C)CC2Cc3ccccc3C2)c(Cl)c1Cl.Cl. The third-order valence-corrected chi connectivity index (χ3v) is 7.51. The van der Waals surface area contributed by atoms with Gasteiger partial charge in [0.1, 0.15) is 23.0 Å². The maximum Gasteiger partial charge on any atom is 0.306 e. The molecule has 2 aromatic rings. The van der Waals surface area contributed by atoms with Crippen LogP contribution < -0.4 is 10.1 Å². The van der Waals surface area contributed by atoms with Crippen LogP contribution in [0.1, 0.15) is 57.2 Å². The first kappa shape index (κ1) is 30.7. The number of benzene rings is 2. The van der Waals surface area contributed by atoms with E-state index in [-0.39, 0.29) is 35.4 Å². The van der Waals surface area contributed by atoms with Crippen molar-refractivity contribution in [2.45, 2.75) is 77.5 Å². The zero-order valence-corrected chi connectivity index (χ0v) is 23.8. The van der Waals surface area contributed by atoms with Crippen molar-refractivity contribution in [3.8, 4) is 5.75 Å². The minimum atomic E-state index is -0.728. The second-order valence-corrected chi connectivity index (χ2v) is 10.8. The highest BCUT2D eigenvalue weighted by atomic mass is 35.5. The Kier molecular flexibility index (Phi) is 11.8. The lowest BCUT2D eigenvalue weighted by Gasteiger charge is -2.32. The van der Waals surface area contributed by atoms with Crippen LogP contribution in [0.3, 0.4) is 0 Å².